The summed E-state index contributed by atoms with van der Waals surface area (Å²) in [6.07, 6.45) is 7.35. The number of hydrogen-bond donors (Lipinski definition) is 1. The van der Waals surface area contributed by atoms with Crippen LogP contribution < -0.4 is 23.7 Å². The second-order valence-corrected chi connectivity index (χ2v) is 9.72. The van der Waals surface area contributed by atoms with Crippen molar-refractivity contribution in [3.8, 4) is 28.7 Å². The Morgan fingerprint density at radius 2 is 1.27 bits per heavy atom. The van der Waals surface area contributed by atoms with Crippen LogP contribution in [0.1, 0.15) is 96.3 Å². The lowest BCUT2D eigenvalue weighted by Crippen LogP contribution is -2.30. The van der Waals surface area contributed by atoms with E-state index in [0.29, 0.717) is 44.3 Å². The van der Waals surface area contributed by atoms with Crippen LogP contribution in [0, 0.1) is 0 Å². The minimum absolute atomic E-state index is 0.442. The van der Waals surface area contributed by atoms with Gasteiger partial charge >= 0.3 is 0 Å². The van der Waals surface area contributed by atoms with Crippen LogP contribution >= 0.6 is 0 Å². The standard InChI is InChI=1S/C31H46O6/c1-5-9-15-33-24-20-28(35-17-11-7-3)25-22-26(32)31(37-29(25)21-24)23-13-14-27(34-16-10-6-2)30(19-23)36-18-12-8-4/h13-14,19-21,26,31-32H,5-12,15-18,22H2,1-4H3/t26-,31?/m1/s1. The van der Waals surface area contributed by atoms with Gasteiger partial charge in [0.25, 0.3) is 0 Å². The fourth-order valence-electron chi connectivity index (χ4n) is 4.18. The molecule has 6 heteroatoms. The van der Waals surface area contributed by atoms with Gasteiger partial charge in [-0.25, -0.2) is 0 Å². The molecule has 2 atom stereocenters. The number of aliphatic hydroxyl groups is 1. The first-order chi connectivity index (χ1) is 18.1. The number of rotatable bonds is 17. The molecule has 6 nitrogen and oxygen atoms in total. The lowest BCUT2D eigenvalue weighted by Gasteiger charge is -2.32. The number of benzene rings is 2. The van der Waals surface area contributed by atoms with Crippen molar-refractivity contribution in [1.29, 1.82) is 0 Å². The highest BCUT2D eigenvalue weighted by Gasteiger charge is 2.33. The average molecular weight is 515 g/mol. The van der Waals surface area contributed by atoms with Crippen molar-refractivity contribution in [2.45, 2.75) is 97.7 Å². The molecule has 0 aromatic heterocycles. The molecule has 2 aromatic carbocycles. The van der Waals surface area contributed by atoms with Crippen molar-refractivity contribution < 1.29 is 28.8 Å². The van der Waals surface area contributed by atoms with E-state index in [0.717, 1.165) is 79.7 Å². The van der Waals surface area contributed by atoms with E-state index in [-0.39, 0.29) is 0 Å². The van der Waals surface area contributed by atoms with Crippen molar-refractivity contribution in [1.82, 2.24) is 0 Å². The van der Waals surface area contributed by atoms with Gasteiger partial charge < -0.3 is 28.8 Å². The first-order valence-corrected chi connectivity index (χ1v) is 14.3. The topological polar surface area (TPSA) is 66.4 Å². The van der Waals surface area contributed by atoms with Crippen LogP contribution in [0.4, 0.5) is 0 Å². The van der Waals surface area contributed by atoms with Gasteiger partial charge in [-0.15, -0.1) is 0 Å². The Hall–Kier alpha value is -2.60. The molecule has 1 unspecified atom stereocenters. The Bertz CT molecular complexity index is 944. The molecule has 0 aliphatic carbocycles. The lowest BCUT2D eigenvalue weighted by molar-refractivity contribution is 0.0193. The Balaban J connectivity index is 1.87. The molecule has 1 N–H and O–H groups in total. The van der Waals surface area contributed by atoms with E-state index >= 15 is 0 Å². The predicted molar refractivity (Wildman–Crippen MR) is 148 cm³/mol. The maximum atomic E-state index is 11.2. The van der Waals surface area contributed by atoms with E-state index in [1.807, 2.05) is 30.3 Å². The highest BCUT2D eigenvalue weighted by atomic mass is 16.5. The number of hydrogen-bond acceptors (Lipinski definition) is 6. The van der Waals surface area contributed by atoms with E-state index in [1.54, 1.807) is 0 Å². The van der Waals surface area contributed by atoms with E-state index < -0.39 is 12.2 Å². The summed E-state index contributed by atoms with van der Waals surface area (Å²) in [5.41, 5.74) is 1.75. The molecule has 2 aromatic rings. The number of aliphatic hydroxyl groups excluding tert-OH is 1. The van der Waals surface area contributed by atoms with Crippen LogP contribution in [0.3, 0.4) is 0 Å². The van der Waals surface area contributed by atoms with Gasteiger partial charge in [0.1, 0.15) is 23.4 Å². The Morgan fingerprint density at radius 1 is 0.703 bits per heavy atom. The van der Waals surface area contributed by atoms with Gasteiger partial charge in [0.2, 0.25) is 0 Å². The zero-order valence-corrected chi connectivity index (χ0v) is 23.2. The predicted octanol–water partition coefficient (Wildman–Crippen LogP) is 7.44. The van der Waals surface area contributed by atoms with Crippen molar-refractivity contribution in [2.75, 3.05) is 26.4 Å². The molecule has 0 amide bonds. The molecule has 1 aliphatic heterocycles. The van der Waals surface area contributed by atoms with Gasteiger partial charge in [-0.2, -0.15) is 0 Å². The lowest BCUT2D eigenvalue weighted by atomic mass is 9.93. The summed E-state index contributed by atoms with van der Waals surface area (Å²) < 4.78 is 30.6. The van der Waals surface area contributed by atoms with Crippen molar-refractivity contribution in [2.24, 2.45) is 0 Å². The SMILES string of the molecule is CCCCOc1cc(OCCCC)c2c(c1)OC(c1ccc(OCCCC)c(OCCCC)c1)[C@H](O)C2. The zero-order chi connectivity index (χ0) is 26.5. The number of fused-ring (bicyclic) bond motifs is 1. The zero-order valence-electron chi connectivity index (χ0n) is 23.2. The normalized spacial score (nSPS) is 16.6. The van der Waals surface area contributed by atoms with Gasteiger partial charge in [-0.1, -0.05) is 59.4 Å². The summed E-state index contributed by atoms with van der Waals surface area (Å²) in [4.78, 5) is 0. The number of ether oxygens (including phenoxy) is 5. The Kier molecular flexibility index (Phi) is 12.2. The molecule has 0 spiro atoms. The Morgan fingerprint density at radius 3 is 1.89 bits per heavy atom. The molecule has 206 valence electrons. The molecular formula is C31H46O6. The first-order valence-electron chi connectivity index (χ1n) is 14.3. The summed E-state index contributed by atoms with van der Waals surface area (Å²) in [7, 11) is 0. The summed E-state index contributed by atoms with van der Waals surface area (Å²) in [5, 5.41) is 11.2. The smallest absolute Gasteiger partial charge is 0.161 e. The van der Waals surface area contributed by atoms with E-state index in [2.05, 4.69) is 27.7 Å². The third-order valence-corrected chi connectivity index (χ3v) is 6.49. The molecule has 1 heterocycles. The second-order valence-electron chi connectivity index (χ2n) is 9.72. The molecule has 37 heavy (non-hydrogen) atoms. The van der Waals surface area contributed by atoms with E-state index in [4.69, 9.17) is 23.7 Å². The van der Waals surface area contributed by atoms with Gasteiger partial charge in [-0.05, 0) is 43.4 Å². The molecule has 1 aliphatic rings. The Labute approximate surface area is 223 Å². The summed E-state index contributed by atoms with van der Waals surface area (Å²) >= 11 is 0. The first kappa shape index (κ1) is 29.0. The molecule has 0 bridgehead atoms. The maximum Gasteiger partial charge on any atom is 0.161 e. The van der Waals surface area contributed by atoms with Gasteiger partial charge in [0.15, 0.2) is 11.5 Å². The fourth-order valence-corrected chi connectivity index (χ4v) is 4.18. The van der Waals surface area contributed by atoms with Gasteiger partial charge in [0, 0.05) is 24.1 Å². The number of unbranched alkanes of at least 4 members (excludes halogenated alkanes) is 4. The monoisotopic (exact) mass is 514 g/mol. The minimum Gasteiger partial charge on any atom is -0.493 e. The molecule has 0 fully saturated rings. The van der Waals surface area contributed by atoms with Gasteiger partial charge in [-0.3, -0.25) is 0 Å². The van der Waals surface area contributed by atoms with E-state index in [1.165, 1.54) is 0 Å². The average Bonchev–Trinajstić information content (AvgIpc) is 2.90. The second kappa shape index (κ2) is 15.6. The largest absolute Gasteiger partial charge is 0.493 e. The quantitative estimate of drug-likeness (QED) is 0.221. The molecule has 0 saturated carbocycles. The van der Waals surface area contributed by atoms with Crippen molar-refractivity contribution in [3.05, 3.63) is 41.5 Å². The van der Waals surface area contributed by atoms with Crippen LogP contribution in [-0.2, 0) is 6.42 Å². The minimum atomic E-state index is -0.719. The van der Waals surface area contributed by atoms with Crippen molar-refractivity contribution in [3.63, 3.8) is 0 Å². The van der Waals surface area contributed by atoms with Crippen LogP contribution in [0.25, 0.3) is 0 Å². The highest BCUT2D eigenvalue weighted by molar-refractivity contribution is 5.53. The third-order valence-electron chi connectivity index (χ3n) is 6.49. The third kappa shape index (κ3) is 8.46. The fraction of sp³-hybridized carbons (Fsp3) is 0.613. The molecule has 0 saturated heterocycles. The van der Waals surface area contributed by atoms with Crippen LogP contribution in [0.2, 0.25) is 0 Å². The van der Waals surface area contributed by atoms with Gasteiger partial charge in [0.05, 0.1) is 32.5 Å². The molecular weight excluding hydrogens is 468 g/mol. The maximum absolute atomic E-state index is 11.2. The summed E-state index contributed by atoms with van der Waals surface area (Å²) in [6, 6.07) is 9.71. The van der Waals surface area contributed by atoms with Crippen LogP contribution in [0.5, 0.6) is 28.7 Å². The van der Waals surface area contributed by atoms with Crippen LogP contribution in [0.15, 0.2) is 30.3 Å². The molecule has 0 radical (unpaired) electrons. The van der Waals surface area contributed by atoms with Crippen molar-refractivity contribution >= 4 is 0 Å². The van der Waals surface area contributed by atoms with Crippen LogP contribution in [-0.4, -0.2) is 37.6 Å². The summed E-state index contributed by atoms with van der Waals surface area (Å²) in [5.74, 6) is 3.60. The highest BCUT2D eigenvalue weighted by Crippen LogP contribution is 2.44. The summed E-state index contributed by atoms with van der Waals surface area (Å²) in [6.45, 7) is 11.1. The molecule has 3 rings (SSSR count). The van der Waals surface area contributed by atoms with E-state index in [9.17, 15) is 5.11 Å².